The molecule has 0 radical (unpaired) electrons. The number of aromatic nitrogens is 5. The highest BCUT2D eigenvalue weighted by molar-refractivity contribution is 5.64. The lowest BCUT2D eigenvalue weighted by atomic mass is 10.2. The maximum absolute atomic E-state index is 5.76. The Morgan fingerprint density at radius 3 is 2.75 bits per heavy atom. The van der Waals surface area contributed by atoms with Crippen LogP contribution in [0, 0.1) is 0 Å². The number of hydrogen-bond acceptors (Lipinski definition) is 6. The van der Waals surface area contributed by atoms with Crippen LogP contribution in [0.25, 0.3) is 17.3 Å². The van der Waals surface area contributed by atoms with Crippen molar-refractivity contribution in [3.05, 3.63) is 43.0 Å². The first-order valence-electron chi connectivity index (χ1n) is 5.91. The van der Waals surface area contributed by atoms with Crippen molar-refractivity contribution in [2.45, 2.75) is 0 Å². The molecule has 7 nitrogen and oxygen atoms in total. The number of anilines is 1. The number of nitrogen functional groups attached to an aromatic ring is 1. The lowest BCUT2D eigenvalue weighted by Gasteiger charge is -2.08. The highest BCUT2D eigenvalue weighted by atomic mass is 16.5. The van der Waals surface area contributed by atoms with Gasteiger partial charge >= 0.3 is 0 Å². The normalized spacial score (nSPS) is 10.4. The standard InChI is InChI=1S/C13H12N6O/c1-20-10-5-3-2-4-9(10)11-16-12(14)18-13(17-11)19-7-6-15-8-19/h2-8H,1H3,(H2,14,16,17,18). The third-order valence-electron chi connectivity index (χ3n) is 2.72. The van der Waals surface area contributed by atoms with Gasteiger partial charge in [-0.2, -0.15) is 15.0 Å². The number of benzene rings is 1. The molecule has 0 amide bonds. The number of nitrogens with zero attached hydrogens (tertiary/aromatic N) is 5. The zero-order chi connectivity index (χ0) is 13.9. The molecule has 20 heavy (non-hydrogen) atoms. The van der Waals surface area contributed by atoms with Gasteiger partial charge in [0.2, 0.25) is 11.9 Å². The maximum atomic E-state index is 5.76. The first kappa shape index (κ1) is 12.1. The number of imidazole rings is 1. The predicted molar refractivity (Wildman–Crippen MR) is 73.3 cm³/mol. The van der Waals surface area contributed by atoms with Crippen LogP contribution in [0.3, 0.4) is 0 Å². The third kappa shape index (κ3) is 2.16. The summed E-state index contributed by atoms with van der Waals surface area (Å²) in [5, 5.41) is 0. The molecule has 7 heteroatoms. The van der Waals surface area contributed by atoms with Crippen molar-refractivity contribution < 1.29 is 4.74 Å². The molecule has 2 N–H and O–H groups in total. The van der Waals surface area contributed by atoms with E-state index < -0.39 is 0 Å². The molecule has 0 saturated heterocycles. The van der Waals surface area contributed by atoms with Crippen LogP contribution >= 0.6 is 0 Å². The largest absolute Gasteiger partial charge is 0.496 e. The highest BCUT2D eigenvalue weighted by Crippen LogP contribution is 2.27. The van der Waals surface area contributed by atoms with Crippen molar-refractivity contribution >= 4 is 5.95 Å². The summed E-state index contributed by atoms with van der Waals surface area (Å²) < 4.78 is 6.97. The topological polar surface area (TPSA) is 91.7 Å². The minimum Gasteiger partial charge on any atom is -0.496 e. The van der Waals surface area contributed by atoms with E-state index in [1.807, 2.05) is 24.3 Å². The van der Waals surface area contributed by atoms with Crippen LogP contribution in [0.4, 0.5) is 5.95 Å². The van der Waals surface area contributed by atoms with Crippen molar-refractivity contribution in [1.29, 1.82) is 0 Å². The number of hydrogen-bond donors (Lipinski definition) is 1. The van der Waals surface area contributed by atoms with E-state index >= 15 is 0 Å². The fourth-order valence-electron chi connectivity index (χ4n) is 1.82. The van der Waals surface area contributed by atoms with Gasteiger partial charge in [-0.05, 0) is 12.1 Å². The van der Waals surface area contributed by atoms with Crippen LogP contribution in [0.5, 0.6) is 5.75 Å². The molecule has 0 aliphatic carbocycles. The number of para-hydroxylation sites is 1. The van der Waals surface area contributed by atoms with Crippen LogP contribution in [0.2, 0.25) is 0 Å². The zero-order valence-electron chi connectivity index (χ0n) is 10.8. The fourth-order valence-corrected chi connectivity index (χ4v) is 1.82. The molecule has 1 aromatic carbocycles. The van der Waals surface area contributed by atoms with Gasteiger partial charge in [0.05, 0.1) is 12.7 Å². The molecule has 0 saturated carbocycles. The van der Waals surface area contributed by atoms with Gasteiger partial charge in [-0.1, -0.05) is 12.1 Å². The van der Waals surface area contributed by atoms with E-state index in [0.717, 1.165) is 5.56 Å². The zero-order valence-corrected chi connectivity index (χ0v) is 10.8. The van der Waals surface area contributed by atoms with Gasteiger partial charge in [-0.15, -0.1) is 0 Å². The van der Waals surface area contributed by atoms with E-state index in [4.69, 9.17) is 10.5 Å². The highest BCUT2D eigenvalue weighted by Gasteiger charge is 2.11. The van der Waals surface area contributed by atoms with Crippen LogP contribution in [0.15, 0.2) is 43.0 Å². The average molecular weight is 268 g/mol. The lowest BCUT2D eigenvalue weighted by Crippen LogP contribution is -2.06. The van der Waals surface area contributed by atoms with Gasteiger partial charge < -0.3 is 10.5 Å². The van der Waals surface area contributed by atoms with Crippen LogP contribution in [0.1, 0.15) is 0 Å². The first-order valence-corrected chi connectivity index (χ1v) is 5.91. The average Bonchev–Trinajstić information content (AvgIpc) is 3.01. The Labute approximate surface area is 115 Å². The minimum atomic E-state index is 0.143. The monoisotopic (exact) mass is 268 g/mol. The van der Waals surface area contributed by atoms with E-state index in [9.17, 15) is 0 Å². The molecule has 2 aromatic heterocycles. The molecule has 0 aliphatic rings. The molecule has 0 unspecified atom stereocenters. The Morgan fingerprint density at radius 1 is 1.15 bits per heavy atom. The predicted octanol–water partition coefficient (Wildman–Crippen LogP) is 1.32. The molecular formula is C13H12N6O. The molecule has 0 aliphatic heterocycles. The number of nitrogens with two attached hydrogens (primary N) is 1. The van der Waals surface area contributed by atoms with Gasteiger partial charge in [0.15, 0.2) is 5.82 Å². The van der Waals surface area contributed by atoms with E-state index in [-0.39, 0.29) is 5.95 Å². The summed E-state index contributed by atoms with van der Waals surface area (Å²) in [7, 11) is 1.60. The fraction of sp³-hybridized carbons (Fsp3) is 0.0769. The van der Waals surface area contributed by atoms with Gasteiger partial charge in [0, 0.05) is 12.4 Å². The van der Waals surface area contributed by atoms with Crippen LogP contribution in [-0.2, 0) is 0 Å². The smallest absolute Gasteiger partial charge is 0.240 e. The third-order valence-corrected chi connectivity index (χ3v) is 2.72. The molecular weight excluding hydrogens is 256 g/mol. The first-order chi connectivity index (χ1) is 9.78. The SMILES string of the molecule is COc1ccccc1-c1nc(N)nc(-n2ccnc2)n1. The molecule has 3 rings (SSSR count). The summed E-state index contributed by atoms with van der Waals surface area (Å²) in [6.07, 6.45) is 4.98. The molecule has 0 fully saturated rings. The lowest BCUT2D eigenvalue weighted by molar-refractivity contribution is 0.416. The molecule has 3 aromatic rings. The summed E-state index contributed by atoms with van der Waals surface area (Å²) in [5.74, 6) is 1.69. The Hall–Kier alpha value is -2.96. The van der Waals surface area contributed by atoms with E-state index in [1.165, 1.54) is 0 Å². The van der Waals surface area contributed by atoms with Crippen LogP contribution in [-0.4, -0.2) is 31.6 Å². The van der Waals surface area contributed by atoms with Crippen molar-refractivity contribution in [3.8, 4) is 23.1 Å². The summed E-state index contributed by atoms with van der Waals surface area (Å²) in [5.41, 5.74) is 6.51. The van der Waals surface area contributed by atoms with E-state index in [0.29, 0.717) is 17.5 Å². The summed E-state index contributed by atoms with van der Waals surface area (Å²) in [6.45, 7) is 0. The Kier molecular flexibility index (Phi) is 3.00. The number of rotatable bonds is 3. The number of methoxy groups -OCH3 is 1. The van der Waals surface area contributed by atoms with Gasteiger partial charge in [-0.25, -0.2) is 4.98 Å². The minimum absolute atomic E-state index is 0.143. The molecule has 0 spiro atoms. The summed E-state index contributed by atoms with van der Waals surface area (Å²) in [4.78, 5) is 16.6. The quantitative estimate of drug-likeness (QED) is 0.770. The Morgan fingerprint density at radius 2 is 2.00 bits per heavy atom. The van der Waals surface area contributed by atoms with Gasteiger partial charge in [0.1, 0.15) is 12.1 Å². The summed E-state index contributed by atoms with van der Waals surface area (Å²) >= 11 is 0. The van der Waals surface area contributed by atoms with Crippen LogP contribution < -0.4 is 10.5 Å². The second-order valence-electron chi connectivity index (χ2n) is 3.99. The van der Waals surface area contributed by atoms with Gasteiger partial charge in [0.25, 0.3) is 0 Å². The van der Waals surface area contributed by atoms with Crippen molar-refractivity contribution in [3.63, 3.8) is 0 Å². The maximum Gasteiger partial charge on any atom is 0.240 e. The summed E-state index contributed by atoms with van der Waals surface area (Å²) in [6, 6.07) is 7.47. The van der Waals surface area contributed by atoms with Crippen molar-refractivity contribution in [2.24, 2.45) is 0 Å². The Balaban J connectivity index is 2.15. The molecule has 100 valence electrons. The van der Waals surface area contributed by atoms with Gasteiger partial charge in [-0.3, -0.25) is 4.57 Å². The van der Waals surface area contributed by atoms with Crippen molar-refractivity contribution in [1.82, 2.24) is 24.5 Å². The second-order valence-corrected chi connectivity index (χ2v) is 3.99. The molecule has 2 heterocycles. The molecule has 0 bridgehead atoms. The van der Waals surface area contributed by atoms with E-state index in [1.54, 1.807) is 30.4 Å². The van der Waals surface area contributed by atoms with E-state index in [2.05, 4.69) is 19.9 Å². The van der Waals surface area contributed by atoms with Crippen molar-refractivity contribution in [2.75, 3.05) is 12.8 Å². The Bertz CT molecular complexity index is 725. The second kappa shape index (κ2) is 4.96. The number of ether oxygens (including phenoxy) is 1. The molecule has 0 atom stereocenters.